The van der Waals surface area contributed by atoms with Gasteiger partial charge in [0.2, 0.25) is 11.9 Å². The smallest absolute Gasteiger partial charge is 0.234 e. The van der Waals surface area contributed by atoms with E-state index < -0.39 is 0 Å². The topological polar surface area (TPSA) is 74.2 Å². The van der Waals surface area contributed by atoms with Crippen LogP contribution >= 0.6 is 11.3 Å². The van der Waals surface area contributed by atoms with E-state index in [1.807, 2.05) is 18.4 Å². The number of amides is 1. The normalized spacial score (nSPS) is 16.6. The summed E-state index contributed by atoms with van der Waals surface area (Å²) < 4.78 is 0. The highest BCUT2D eigenvalue weighted by atomic mass is 32.1. The molecule has 3 rings (SSSR count). The van der Waals surface area contributed by atoms with Crippen LogP contribution in [0, 0.1) is 6.92 Å². The summed E-state index contributed by atoms with van der Waals surface area (Å²) in [5, 5.41) is 6.15. The van der Waals surface area contributed by atoms with Crippen LogP contribution in [0.3, 0.4) is 0 Å². The lowest BCUT2D eigenvalue weighted by Gasteiger charge is -2.34. The van der Waals surface area contributed by atoms with Crippen LogP contribution in [0.2, 0.25) is 0 Å². The minimum atomic E-state index is 0.0736. The van der Waals surface area contributed by atoms with Crippen LogP contribution in [0.4, 0.5) is 5.95 Å². The summed E-state index contributed by atoms with van der Waals surface area (Å²) in [4.78, 5) is 29.6. The van der Waals surface area contributed by atoms with Gasteiger partial charge in [-0.2, -0.15) is 0 Å². The Kier molecular flexibility index (Phi) is 5.93. The molecule has 1 aliphatic rings. The van der Waals surface area contributed by atoms with Crippen molar-refractivity contribution in [2.24, 2.45) is 0 Å². The fourth-order valence-corrected chi connectivity index (χ4v) is 3.63. The molecule has 0 aromatic carbocycles. The predicted octanol–water partition coefficient (Wildman–Crippen LogP) is 1.28. The van der Waals surface area contributed by atoms with Gasteiger partial charge in [0.25, 0.3) is 0 Å². The highest BCUT2D eigenvalue weighted by Gasteiger charge is 2.20. The SMILES string of the molecule is Cc1csc(C(C)CNC(=O)CN2CCN(c3ncccn3)CC2)n1. The van der Waals surface area contributed by atoms with Crippen LogP contribution in [0.5, 0.6) is 0 Å². The van der Waals surface area contributed by atoms with Gasteiger partial charge < -0.3 is 10.2 Å². The number of nitrogens with one attached hydrogen (secondary N) is 1. The maximum Gasteiger partial charge on any atom is 0.234 e. The van der Waals surface area contributed by atoms with Gasteiger partial charge in [0.15, 0.2) is 0 Å². The molecule has 3 heterocycles. The molecular formula is C17H24N6OS. The first-order chi connectivity index (χ1) is 12.1. The van der Waals surface area contributed by atoms with E-state index in [-0.39, 0.29) is 11.8 Å². The number of nitrogens with zero attached hydrogens (tertiary/aromatic N) is 5. The van der Waals surface area contributed by atoms with Gasteiger partial charge in [-0.05, 0) is 13.0 Å². The molecular weight excluding hydrogens is 336 g/mol. The molecule has 1 saturated heterocycles. The van der Waals surface area contributed by atoms with Gasteiger partial charge >= 0.3 is 0 Å². The molecule has 134 valence electrons. The Bertz CT molecular complexity index is 683. The summed E-state index contributed by atoms with van der Waals surface area (Å²) in [6.45, 7) is 8.51. The average molecular weight is 360 g/mol. The number of rotatable bonds is 6. The fraction of sp³-hybridized carbons (Fsp3) is 0.529. The molecule has 2 aromatic rings. The lowest BCUT2D eigenvalue weighted by atomic mass is 10.2. The van der Waals surface area contributed by atoms with E-state index in [0.29, 0.717) is 13.1 Å². The third-order valence-electron chi connectivity index (χ3n) is 4.24. The molecule has 0 spiro atoms. The molecule has 2 aromatic heterocycles. The van der Waals surface area contributed by atoms with E-state index in [4.69, 9.17) is 0 Å². The van der Waals surface area contributed by atoms with Crippen LogP contribution < -0.4 is 10.2 Å². The molecule has 1 aliphatic heterocycles. The number of aromatic nitrogens is 3. The molecule has 0 bridgehead atoms. The largest absolute Gasteiger partial charge is 0.354 e. The third kappa shape index (κ3) is 4.96. The zero-order chi connectivity index (χ0) is 17.6. The minimum Gasteiger partial charge on any atom is -0.354 e. The molecule has 7 nitrogen and oxygen atoms in total. The van der Waals surface area contributed by atoms with E-state index in [0.717, 1.165) is 42.8 Å². The van der Waals surface area contributed by atoms with Crippen molar-refractivity contribution in [3.63, 3.8) is 0 Å². The standard InChI is InChI=1S/C17H24N6OS/c1-13(16-21-14(2)12-25-16)10-20-15(24)11-22-6-8-23(9-7-22)17-18-4-3-5-19-17/h3-5,12-13H,6-11H2,1-2H3,(H,20,24). The maximum atomic E-state index is 12.2. The number of aryl methyl sites for hydroxylation is 1. The van der Waals surface area contributed by atoms with E-state index in [2.05, 4.69) is 37.0 Å². The van der Waals surface area contributed by atoms with Crippen LogP contribution in [0.15, 0.2) is 23.8 Å². The number of hydrogen-bond donors (Lipinski definition) is 1. The van der Waals surface area contributed by atoms with Gasteiger partial charge in [0, 0.05) is 62.1 Å². The van der Waals surface area contributed by atoms with Gasteiger partial charge in [-0.3, -0.25) is 9.69 Å². The monoisotopic (exact) mass is 360 g/mol. The molecule has 1 fully saturated rings. The Morgan fingerprint density at radius 1 is 1.28 bits per heavy atom. The predicted molar refractivity (Wildman–Crippen MR) is 99.0 cm³/mol. The minimum absolute atomic E-state index is 0.0736. The van der Waals surface area contributed by atoms with E-state index in [1.54, 1.807) is 23.7 Å². The van der Waals surface area contributed by atoms with E-state index in [9.17, 15) is 4.79 Å². The Labute approximate surface area is 152 Å². The van der Waals surface area contributed by atoms with Crippen molar-refractivity contribution in [3.8, 4) is 0 Å². The highest BCUT2D eigenvalue weighted by Crippen LogP contribution is 2.18. The first kappa shape index (κ1) is 17.8. The fourth-order valence-electron chi connectivity index (χ4n) is 2.77. The van der Waals surface area contributed by atoms with Crippen molar-refractivity contribution in [2.75, 3.05) is 44.2 Å². The van der Waals surface area contributed by atoms with Gasteiger partial charge in [-0.15, -0.1) is 11.3 Å². The van der Waals surface area contributed by atoms with Gasteiger partial charge in [-0.1, -0.05) is 6.92 Å². The van der Waals surface area contributed by atoms with Gasteiger partial charge in [0.1, 0.15) is 0 Å². The molecule has 25 heavy (non-hydrogen) atoms. The number of carbonyl (C=O) groups is 1. The van der Waals surface area contributed by atoms with Crippen LogP contribution in [-0.4, -0.2) is 65.0 Å². The van der Waals surface area contributed by atoms with Crippen molar-refractivity contribution in [3.05, 3.63) is 34.5 Å². The average Bonchev–Trinajstić information content (AvgIpc) is 3.08. The second-order valence-electron chi connectivity index (χ2n) is 6.34. The van der Waals surface area contributed by atoms with E-state index in [1.165, 1.54) is 0 Å². The van der Waals surface area contributed by atoms with E-state index >= 15 is 0 Å². The molecule has 1 atom stereocenters. The summed E-state index contributed by atoms with van der Waals surface area (Å²) in [5.74, 6) is 1.08. The molecule has 0 radical (unpaired) electrons. The van der Waals surface area contributed by atoms with Crippen molar-refractivity contribution in [1.29, 1.82) is 0 Å². The van der Waals surface area contributed by atoms with Crippen LogP contribution in [-0.2, 0) is 4.79 Å². The molecule has 0 saturated carbocycles. The molecule has 0 aliphatic carbocycles. The first-order valence-corrected chi connectivity index (χ1v) is 9.43. The summed E-state index contributed by atoms with van der Waals surface area (Å²) in [7, 11) is 0. The second-order valence-corrected chi connectivity index (χ2v) is 7.23. The lowest BCUT2D eigenvalue weighted by Crippen LogP contribution is -2.50. The Balaban J connectivity index is 1.39. The first-order valence-electron chi connectivity index (χ1n) is 8.55. The zero-order valence-electron chi connectivity index (χ0n) is 14.7. The summed E-state index contributed by atoms with van der Waals surface area (Å²) >= 11 is 1.65. The van der Waals surface area contributed by atoms with Crippen molar-refractivity contribution in [2.45, 2.75) is 19.8 Å². The summed E-state index contributed by atoms with van der Waals surface area (Å²) in [6, 6.07) is 1.82. The lowest BCUT2D eigenvalue weighted by molar-refractivity contribution is -0.122. The Morgan fingerprint density at radius 2 is 2.00 bits per heavy atom. The summed E-state index contributed by atoms with van der Waals surface area (Å²) in [5.41, 5.74) is 1.04. The second kappa shape index (κ2) is 8.35. The van der Waals surface area contributed by atoms with Crippen molar-refractivity contribution in [1.82, 2.24) is 25.2 Å². The van der Waals surface area contributed by atoms with Crippen LogP contribution in [0.25, 0.3) is 0 Å². The maximum absolute atomic E-state index is 12.2. The molecule has 1 unspecified atom stereocenters. The molecule has 8 heteroatoms. The van der Waals surface area contributed by atoms with Gasteiger partial charge in [0.05, 0.1) is 11.6 Å². The quantitative estimate of drug-likeness (QED) is 0.837. The number of hydrogen-bond acceptors (Lipinski definition) is 7. The van der Waals surface area contributed by atoms with Crippen molar-refractivity contribution >= 4 is 23.2 Å². The number of carbonyl (C=O) groups excluding carboxylic acids is 1. The zero-order valence-corrected chi connectivity index (χ0v) is 15.5. The molecule has 1 N–H and O–H groups in total. The van der Waals surface area contributed by atoms with Gasteiger partial charge in [-0.25, -0.2) is 15.0 Å². The Hall–Kier alpha value is -2.06. The van der Waals surface area contributed by atoms with Crippen LogP contribution in [0.1, 0.15) is 23.5 Å². The van der Waals surface area contributed by atoms with Crippen molar-refractivity contribution < 1.29 is 4.79 Å². The summed E-state index contributed by atoms with van der Waals surface area (Å²) in [6.07, 6.45) is 3.51. The number of piperazine rings is 1. The molecule has 1 amide bonds. The number of thiazole rings is 1. The Morgan fingerprint density at radius 3 is 2.64 bits per heavy atom. The number of anilines is 1. The highest BCUT2D eigenvalue weighted by molar-refractivity contribution is 7.09. The third-order valence-corrected chi connectivity index (χ3v) is 5.43.